The lowest BCUT2D eigenvalue weighted by Crippen LogP contribution is -1.97. The molecule has 78 valence electrons. The quantitative estimate of drug-likeness (QED) is 0.434. The topological polar surface area (TPSA) is 0 Å². The van der Waals surface area contributed by atoms with Gasteiger partial charge in [0.2, 0.25) is 0 Å². The molecular weight excluding hydrogens is 172 g/mol. The number of rotatable bonds is 7. The van der Waals surface area contributed by atoms with E-state index in [0.29, 0.717) is 0 Å². The van der Waals surface area contributed by atoms with E-state index in [9.17, 15) is 0 Å². The second-order valence-electron chi connectivity index (χ2n) is 4.01. The molecule has 0 bridgehead atoms. The molecule has 0 spiro atoms. The lowest BCUT2D eigenvalue weighted by Gasteiger charge is -2.14. The molecule has 0 heterocycles. The highest BCUT2D eigenvalue weighted by Gasteiger charge is 2.05. The van der Waals surface area contributed by atoms with Crippen LogP contribution in [-0.2, 0) is 0 Å². The summed E-state index contributed by atoms with van der Waals surface area (Å²) in [5.41, 5.74) is 2.72. The van der Waals surface area contributed by atoms with Crippen LogP contribution in [0.15, 0.2) is 11.6 Å². The number of hydrogen-bond donors (Lipinski definition) is 0. The summed E-state index contributed by atoms with van der Waals surface area (Å²) in [7, 11) is 1.34. The van der Waals surface area contributed by atoms with Gasteiger partial charge in [0.25, 0.3) is 0 Å². The Morgan fingerprint density at radius 1 is 1.15 bits per heavy atom. The first-order valence-corrected chi connectivity index (χ1v) is 7.10. The van der Waals surface area contributed by atoms with E-state index in [-0.39, 0.29) is 0 Å². The maximum absolute atomic E-state index is 2.51. The van der Waals surface area contributed by atoms with Crippen molar-refractivity contribution >= 4 is 10.2 Å². The molecule has 0 N–H and O–H groups in total. The SMILES string of the molecule is CCCC=C(CCC)C([SiH3])CCC. The van der Waals surface area contributed by atoms with Gasteiger partial charge in [0, 0.05) is 10.2 Å². The summed E-state index contributed by atoms with van der Waals surface area (Å²) in [5, 5.41) is 0. The van der Waals surface area contributed by atoms with Crippen molar-refractivity contribution < 1.29 is 0 Å². The normalized spacial score (nSPS) is 14.8. The molecule has 0 saturated carbocycles. The predicted octanol–water partition coefficient (Wildman–Crippen LogP) is 3.47. The number of allylic oxidation sites excluding steroid dienone is 2. The minimum atomic E-state index is 0.955. The first-order valence-electron chi connectivity index (χ1n) is 5.95. The zero-order chi connectivity index (χ0) is 10.1. The average Bonchev–Trinajstić information content (AvgIpc) is 2.12. The van der Waals surface area contributed by atoms with Gasteiger partial charge in [-0.25, -0.2) is 0 Å². The molecule has 0 aliphatic heterocycles. The standard InChI is InChI=1S/C12H26Si/c1-4-7-10-11(8-5-2)12(13)9-6-3/h10,12H,4-9H2,1-3,13H3. The molecule has 0 aromatic carbocycles. The van der Waals surface area contributed by atoms with Crippen molar-refractivity contribution in [2.24, 2.45) is 0 Å². The van der Waals surface area contributed by atoms with Crippen LogP contribution in [0, 0.1) is 0 Å². The first-order chi connectivity index (χ1) is 6.26. The molecule has 0 aliphatic rings. The van der Waals surface area contributed by atoms with Crippen LogP contribution >= 0.6 is 0 Å². The number of unbranched alkanes of at least 4 members (excludes halogenated alkanes) is 1. The van der Waals surface area contributed by atoms with Crippen molar-refractivity contribution in [3.05, 3.63) is 11.6 Å². The Kier molecular flexibility index (Phi) is 8.52. The largest absolute Gasteiger partial charge is 0.0854 e. The third-order valence-corrected chi connectivity index (χ3v) is 3.91. The molecule has 0 fully saturated rings. The maximum Gasteiger partial charge on any atom is 0.0118 e. The molecule has 1 atom stereocenters. The average molecular weight is 198 g/mol. The molecule has 0 nitrogen and oxygen atoms in total. The van der Waals surface area contributed by atoms with Gasteiger partial charge in [-0.05, 0) is 18.4 Å². The van der Waals surface area contributed by atoms with Crippen LogP contribution in [0.5, 0.6) is 0 Å². The van der Waals surface area contributed by atoms with Crippen LogP contribution < -0.4 is 0 Å². The lowest BCUT2D eigenvalue weighted by molar-refractivity contribution is 0.733. The zero-order valence-electron chi connectivity index (χ0n) is 9.90. The maximum atomic E-state index is 2.51. The summed E-state index contributed by atoms with van der Waals surface area (Å²) >= 11 is 0. The molecule has 0 saturated heterocycles. The van der Waals surface area contributed by atoms with E-state index < -0.39 is 0 Å². The van der Waals surface area contributed by atoms with Crippen molar-refractivity contribution in [2.45, 2.75) is 64.8 Å². The van der Waals surface area contributed by atoms with E-state index in [0.717, 1.165) is 5.54 Å². The molecule has 0 aliphatic carbocycles. The van der Waals surface area contributed by atoms with E-state index >= 15 is 0 Å². The second-order valence-corrected chi connectivity index (χ2v) is 5.40. The highest BCUT2D eigenvalue weighted by atomic mass is 28.1. The molecule has 0 radical (unpaired) electrons. The van der Waals surface area contributed by atoms with E-state index in [4.69, 9.17) is 0 Å². The van der Waals surface area contributed by atoms with Crippen molar-refractivity contribution in [2.75, 3.05) is 0 Å². The fraction of sp³-hybridized carbons (Fsp3) is 0.833. The van der Waals surface area contributed by atoms with Crippen molar-refractivity contribution in [3.8, 4) is 0 Å². The van der Waals surface area contributed by atoms with Gasteiger partial charge in [0.1, 0.15) is 0 Å². The van der Waals surface area contributed by atoms with Gasteiger partial charge in [-0.2, -0.15) is 0 Å². The summed E-state index contributed by atoms with van der Waals surface area (Å²) in [6, 6.07) is 0. The van der Waals surface area contributed by atoms with Crippen molar-refractivity contribution in [1.29, 1.82) is 0 Å². The Balaban J connectivity index is 4.05. The fourth-order valence-electron chi connectivity index (χ4n) is 1.79. The lowest BCUT2D eigenvalue weighted by atomic mass is 10.0. The summed E-state index contributed by atoms with van der Waals surface area (Å²) in [4.78, 5) is 0. The van der Waals surface area contributed by atoms with E-state index in [2.05, 4.69) is 26.8 Å². The van der Waals surface area contributed by atoms with Crippen molar-refractivity contribution in [3.63, 3.8) is 0 Å². The smallest absolute Gasteiger partial charge is 0.0118 e. The van der Waals surface area contributed by atoms with Crippen LogP contribution in [0.25, 0.3) is 0 Å². The predicted molar refractivity (Wildman–Crippen MR) is 66.5 cm³/mol. The Morgan fingerprint density at radius 2 is 1.85 bits per heavy atom. The summed E-state index contributed by atoms with van der Waals surface area (Å²) in [6.45, 7) is 6.86. The van der Waals surface area contributed by atoms with Crippen LogP contribution in [0.2, 0.25) is 5.54 Å². The van der Waals surface area contributed by atoms with Gasteiger partial charge in [-0.3, -0.25) is 0 Å². The van der Waals surface area contributed by atoms with Crippen LogP contribution in [-0.4, -0.2) is 10.2 Å². The highest BCUT2D eigenvalue weighted by Crippen LogP contribution is 2.24. The van der Waals surface area contributed by atoms with E-state index in [1.807, 2.05) is 0 Å². The van der Waals surface area contributed by atoms with E-state index in [1.54, 1.807) is 5.57 Å². The fourth-order valence-corrected chi connectivity index (χ4v) is 2.89. The molecule has 0 amide bonds. The second kappa shape index (κ2) is 8.55. The molecule has 13 heavy (non-hydrogen) atoms. The van der Waals surface area contributed by atoms with Gasteiger partial charge in [-0.1, -0.05) is 58.1 Å². The first kappa shape index (κ1) is 13.0. The summed E-state index contributed by atoms with van der Waals surface area (Å²) in [6.07, 6.45) is 10.5. The van der Waals surface area contributed by atoms with Crippen LogP contribution in [0.4, 0.5) is 0 Å². The third-order valence-electron chi connectivity index (χ3n) is 2.59. The van der Waals surface area contributed by atoms with Gasteiger partial charge in [0.05, 0.1) is 0 Å². The Hall–Kier alpha value is -0.0431. The van der Waals surface area contributed by atoms with Gasteiger partial charge in [-0.15, -0.1) is 0 Å². The third kappa shape index (κ3) is 6.09. The van der Waals surface area contributed by atoms with Crippen molar-refractivity contribution in [1.82, 2.24) is 0 Å². The minimum Gasteiger partial charge on any atom is -0.0854 e. The Bertz CT molecular complexity index is 138. The van der Waals surface area contributed by atoms with Crippen LogP contribution in [0.1, 0.15) is 59.3 Å². The van der Waals surface area contributed by atoms with E-state index in [1.165, 1.54) is 48.8 Å². The Labute approximate surface area is 87.2 Å². The minimum absolute atomic E-state index is 0.955. The Morgan fingerprint density at radius 3 is 2.31 bits per heavy atom. The monoisotopic (exact) mass is 198 g/mol. The van der Waals surface area contributed by atoms with Crippen LogP contribution in [0.3, 0.4) is 0 Å². The number of hydrogen-bond acceptors (Lipinski definition) is 0. The molecule has 1 heteroatoms. The summed E-state index contributed by atoms with van der Waals surface area (Å²) in [5.74, 6) is 0. The van der Waals surface area contributed by atoms with Gasteiger partial charge in [0.15, 0.2) is 0 Å². The molecule has 0 rings (SSSR count). The zero-order valence-corrected chi connectivity index (χ0v) is 11.9. The molecular formula is C12H26Si. The highest BCUT2D eigenvalue weighted by molar-refractivity contribution is 6.13. The molecule has 0 aromatic rings. The van der Waals surface area contributed by atoms with Gasteiger partial charge < -0.3 is 0 Å². The molecule has 0 aromatic heterocycles. The van der Waals surface area contributed by atoms with Gasteiger partial charge >= 0.3 is 0 Å². The molecule has 1 unspecified atom stereocenters. The summed E-state index contributed by atoms with van der Waals surface area (Å²) < 4.78 is 0.